The van der Waals surface area contributed by atoms with E-state index < -0.39 is 0 Å². The molecule has 0 heterocycles. The van der Waals surface area contributed by atoms with Gasteiger partial charge in [0, 0.05) is 23.9 Å². The number of anilines is 1. The second kappa shape index (κ2) is 7.22. The number of para-hydroxylation sites is 1. The number of phenols is 1. The number of benzene rings is 2. The van der Waals surface area contributed by atoms with Crippen LogP contribution in [-0.2, 0) is 6.54 Å². The molecule has 0 spiro atoms. The van der Waals surface area contributed by atoms with Crippen LogP contribution in [0.3, 0.4) is 0 Å². The summed E-state index contributed by atoms with van der Waals surface area (Å²) >= 11 is 3.31. The second-order valence-corrected chi connectivity index (χ2v) is 5.25. The van der Waals surface area contributed by atoms with Crippen molar-refractivity contribution in [3.63, 3.8) is 0 Å². The van der Waals surface area contributed by atoms with Crippen LogP contribution in [0.25, 0.3) is 0 Å². The Morgan fingerprint density at radius 3 is 2.71 bits per heavy atom. The van der Waals surface area contributed by atoms with Gasteiger partial charge in [-0.25, -0.2) is 0 Å². The quantitative estimate of drug-likeness (QED) is 0.819. The molecule has 112 valence electrons. The van der Waals surface area contributed by atoms with E-state index in [1.807, 2.05) is 37.3 Å². The molecule has 0 bridgehead atoms. The molecule has 0 saturated carbocycles. The van der Waals surface area contributed by atoms with Gasteiger partial charge < -0.3 is 19.9 Å². The van der Waals surface area contributed by atoms with Crippen molar-refractivity contribution in [2.45, 2.75) is 13.5 Å². The van der Waals surface area contributed by atoms with Crippen molar-refractivity contribution in [2.24, 2.45) is 0 Å². The molecule has 21 heavy (non-hydrogen) atoms. The summed E-state index contributed by atoms with van der Waals surface area (Å²) in [5.41, 5.74) is 1.71. The second-order valence-electron chi connectivity index (χ2n) is 4.40. The van der Waals surface area contributed by atoms with E-state index >= 15 is 0 Å². The van der Waals surface area contributed by atoms with Crippen molar-refractivity contribution >= 4 is 21.6 Å². The highest BCUT2D eigenvalue weighted by molar-refractivity contribution is 9.10. The fourth-order valence-electron chi connectivity index (χ4n) is 1.95. The van der Waals surface area contributed by atoms with Gasteiger partial charge in [-0.15, -0.1) is 0 Å². The van der Waals surface area contributed by atoms with Crippen molar-refractivity contribution in [1.29, 1.82) is 0 Å². The smallest absolute Gasteiger partial charge is 0.162 e. The Kier molecular flexibility index (Phi) is 5.33. The first-order chi connectivity index (χ1) is 10.2. The lowest BCUT2D eigenvalue weighted by molar-refractivity contribution is 0.311. The average Bonchev–Trinajstić information content (AvgIpc) is 2.50. The highest BCUT2D eigenvalue weighted by atomic mass is 79.9. The van der Waals surface area contributed by atoms with Gasteiger partial charge >= 0.3 is 0 Å². The number of hydrogen-bond donors (Lipinski definition) is 2. The van der Waals surface area contributed by atoms with Crippen LogP contribution in [0.4, 0.5) is 5.69 Å². The van der Waals surface area contributed by atoms with Crippen LogP contribution in [-0.4, -0.2) is 18.8 Å². The summed E-state index contributed by atoms with van der Waals surface area (Å²) in [6, 6.07) is 11.2. The van der Waals surface area contributed by atoms with Gasteiger partial charge in [-0.05, 0) is 41.1 Å². The van der Waals surface area contributed by atoms with E-state index in [1.54, 1.807) is 13.2 Å². The summed E-state index contributed by atoms with van der Waals surface area (Å²) in [5, 5.41) is 13.2. The molecule has 0 aliphatic heterocycles. The zero-order chi connectivity index (χ0) is 15.2. The van der Waals surface area contributed by atoms with Gasteiger partial charge in [0.15, 0.2) is 11.5 Å². The predicted molar refractivity (Wildman–Crippen MR) is 87.3 cm³/mol. The molecule has 2 aromatic rings. The van der Waals surface area contributed by atoms with Crippen molar-refractivity contribution in [3.05, 3.63) is 46.4 Å². The van der Waals surface area contributed by atoms with Crippen molar-refractivity contribution in [1.82, 2.24) is 0 Å². The first-order valence-electron chi connectivity index (χ1n) is 6.66. The number of ether oxygens (including phenoxy) is 2. The molecule has 0 aromatic heterocycles. The summed E-state index contributed by atoms with van der Waals surface area (Å²) in [6.45, 7) is 3.04. The lowest BCUT2D eigenvalue weighted by Crippen LogP contribution is -2.01. The molecule has 0 aliphatic carbocycles. The monoisotopic (exact) mass is 351 g/mol. The van der Waals surface area contributed by atoms with E-state index in [4.69, 9.17) is 9.47 Å². The molecule has 2 aromatic carbocycles. The standard InChI is InChI=1S/C16H18BrNO3/c1-3-21-14-8-7-12(9-15(14)20-2)18-10-11-5-4-6-13(17)16(11)19/h4-9,18-19H,3,10H2,1-2H3. The minimum Gasteiger partial charge on any atom is -0.506 e. The lowest BCUT2D eigenvalue weighted by Gasteiger charge is -2.13. The summed E-state index contributed by atoms with van der Waals surface area (Å²) in [6.07, 6.45) is 0. The zero-order valence-corrected chi connectivity index (χ0v) is 13.6. The van der Waals surface area contributed by atoms with E-state index in [2.05, 4.69) is 21.2 Å². The molecule has 0 aliphatic rings. The third-order valence-corrected chi connectivity index (χ3v) is 3.66. The number of hydrogen-bond acceptors (Lipinski definition) is 4. The summed E-state index contributed by atoms with van der Waals surface area (Å²) < 4.78 is 11.5. The van der Waals surface area contributed by atoms with Gasteiger partial charge in [0.2, 0.25) is 0 Å². The van der Waals surface area contributed by atoms with Gasteiger partial charge in [-0.3, -0.25) is 0 Å². The van der Waals surface area contributed by atoms with Gasteiger partial charge in [0.1, 0.15) is 5.75 Å². The van der Waals surface area contributed by atoms with Gasteiger partial charge in [0.05, 0.1) is 18.2 Å². The topological polar surface area (TPSA) is 50.7 Å². The minimum absolute atomic E-state index is 0.253. The molecular formula is C16H18BrNO3. The fourth-order valence-corrected chi connectivity index (χ4v) is 2.36. The van der Waals surface area contributed by atoms with Gasteiger partial charge in [-0.1, -0.05) is 12.1 Å². The molecular weight excluding hydrogens is 334 g/mol. The van der Waals surface area contributed by atoms with E-state index in [9.17, 15) is 5.11 Å². The number of aromatic hydroxyl groups is 1. The zero-order valence-electron chi connectivity index (χ0n) is 12.0. The summed E-state index contributed by atoms with van der Waals surface area (Å²) in [5.74, 6) is 1.65. The molecule has 0 atom stereocenters. The Hall–Kier alpha value is -1.88. The maximum Gasteiger partial charge on any atom is 0.162 e. The Bertz CT molecular complexity index is 616. The Morgan fingerprint density at radius 2 is 2.00 bits per heavy atom. The number of phenolic OH excluding ortho intramolecular Hbond substituents is 1. The number of methoxy groups -OCH3 is 1. The SMILES string of the molecule is CCOc1ccc(NCc2cccc(Br)c2O)cc1OC. The van der Waals surface area contributed by atoms with Crippen LogP contribution >= 0.6 is 15.9 Å². The highest BCUT2D eigenvalue weighted by Gasteiger charge is 2.07. The normalized spacial score (nSPS) is 10.2. The van der Waals surface area contributed by atoms with Gasteiger partial charge in [0.25, 0.3) is 0 Å². The molecule has 0 saturated heterocycles. The molecule has 0 unspecified atom stereocenters. The molecule has 0 fully saturated rings. The lowest BCUT2D eigenvalue weighted by atomic mass is 10.2. The van der Waals surface area contributed by atoms with Crippen LogP contribution in [0.15, 0.2) is 40.9 Å². The highest BCUT2D eigenvalue weighted by Crippen LogP contribution is 2.31. The Labute approximate surface area is 132 Å². The maximum atomic E-state index is 9.96. The molecule has 2 N–H and O–H groups in total. The number of halogens is 1. The Balaban J connectivity index is 2.11. The van der Waals surface area contributed by atoms with E-state index in [1.165, 1.54) is 0 Å². The molecule has 0 amide bonds. The third kappa shape index (κ3) is 3.82. The molecule has 0 radical (unpaired) electrons. The van der Waals surface area contributed by atoms with Crippen molar-refractivity contribution in [2.75, 3.05) is 19.0 Å². The van der Waals surface area contributed by atoms with Crippen LogP contribution in [0.5, 0.6) is 17.2 Å². The van der Waals surface area contributed by atoms with E-state index in [-0.39, 0.29) is 5.75 Å². The first-order valence-corrected chi connectivity index (χ1v) is 7.46. The molecule has 2 rings (SSSR count). The van der Waals surface area contributed by atoms with Gasteiger partial charge in [-0.2, -0.15) is 0 Å². The van der Waals surface area contributed by atoms with E-state index in [0.29, 0.717) is 23.4 Å². The number of nitrogens with one attached hydrogen (secondary N) is 1. The minimum atomic E-state index is 0.253. The summed E-state index contributed by atoms with van der Waals surface area (Å²) in [4.78, 5) is 0. The van der Waals surface area contributed by atoms with Crippen molar-refractivity contribution in [3.8, 4) is 17.2 Å². The fraction of sp³-hybridized carbons (Fsp3) is 0.250. The van der Waals surface area contributed by atoms with Crippen LogP contribution in [0, 0.1) is 0 Å². The number of rotatable bonds is 6. The van der Waals surface area contributed by atoms with E-state index in [0.717, 1.165) is 17.0 Å². The third-order valence-electron chi connectivity index (χ3n) is 3.02. The first kappa shape index (κ1) is 15.5. The molecule has 5 heteroatoms. The Morgan fingerprint density at radius 1 is 1.19 bits per heavy atom. The average molecular weight is 352 g/mol. The molecule has 4 nitrogen and oxygen atoms in total. The van der Waals surface area contributed by atoms with Crippen LogP contribution in [0.2, 0.25) is 0 Å². The maximum absolute atomic E-state index is 9.96. The largest absolute Gasteiger partial charge is 0.506 e. The van der Waals surface area contributed by atoms with Crippen molar-refractivity contribution < 1.29 is 14.6 Å². The predicted octanol–water partition coefficient (Wildman–Crippen LogP) is 4.17. The summed E-state index contributed by atoms with van der Waals surface area (Å²) in [7, 11) is 1.61. The van der Waals surface area contributed by atoms with Crippen LogP contribution in [0.1, 0.15) is 12.5 Å². The van der Waals surface area contributed by atoms with Crippen LogP contribution < -0.4 is 14.8 Å².